The first kappa shape index (κ1) is 6.43. The molecule has 0 radical (unpaired) electrons. The van der Waals surface area contributed by atoms with E-state index in [-0.39, 0.29) is 11.3 Å². The molecule has 0 aliphatic rings. The van der Waals surface area contributed by atoms with Crippen LogP contribution in [0.4, 0.5) is 0 Å². The SMILES string of the molecule is C#Cc1cc(C(=O)O)co1. The highest BCUT2D eigenvalue weighted by atomic mass is 16.4. The Balaban J connectivity index is 3.02. The zero-order valence-electron chi connectivity index (χ0n) is 5.00. The summed E-state index contributed by atoms with van der Waals surface area (Å²) in [6.45, 7) is 0. The van der Waals surface area contributed by atoms with Gasteiger partial charge >= 0.3 is 5.97 Å². The first-order valence-corrected chi connectivity index (χ1v) is 2.52. The summed E-state index contributed by atoms with van der Waals surface area (Å²) in [6.07, 6.45) is 6.04. The van der Waals surface area contributed by atoms with Gasteiger partial charge in [0.05, 0.1) is 5.56 Å². The van der Waals surface area contributed by atoms with Gasteiger partial charge in [-0.25, -0.2) is 4.79 Å². The van der Waals surface area contributed by atoms with Crippen molar-refractivity contribution in [2.24, 2.45) is 0 Å². The molecular weight excluding hydrogens is 132 g/mol. The molecule has 1 rings (SSSR count). The van der Waals surface area contributed by atoms with Gasteiger partial charge in [-0.15, -0.1) is 6.42 Å². The van der Waals surface area contributed by atoms with E-state index in [1.54, 1.807) is 0 Å². The molecule has 50 valence electrons. The molecule has 1 N–H and O–H groups in total. The summed E-state index contributed by atoms with van der Waals surface area (Å²) in [6, 6.07) is 1.29. The van der Waals surface area contributed by atoms with Crippen molar-refractivity contribution in [3.8, 4) is 12.3 Å². The second kappa shape index (κ2) is 2.28. The van der Waals surface area contributed by atoms with Crippen LogP contribution >= 0.6 is 0 Å². The third-order valence-electron chi connectivity index (χ3n) is 0.989. The van der Waals surface area contributed by atoms with Gasteiger partial charge in [0.15, 0.2) is 5.76 Å². The molecule has 0 bridgehead atoms. The number of aromatic carboxylic acids is 1. The van der Waals surface area contributed by atoms with Crippen LogP contribution in [0.5, 0.6) is 0 Å². The average Bonchev–Trinajstić information content (AvgIpc) is 2.34. The van der Waals surface area contributed by atoms with E-state index in [4.69, 9.17) is 11.5 Å². The summed E-state index contributed by atoms with van der Waals surface area (Å²) in [5, 5.41) is 8.37. The van der Waals surface area contributed by atoms with Crippen molar-refractivity contribution in [3.05, 3.63) is 23.7 Å². The predicted octanol–water partition coefficient (Wildman–Crippen LogP) is 0.959. The summed E-state index contributed by atoms with van der Waals surface area (Å²) in [5.74, 6) is 1.37. The topological polar surface area (TPSA) is 50.4 Å². The zero-order valence-corrected chi connectivity index (χ0v) is 5.00. The van der Waals surface area contributed by atoms with E-state index in [0.717, 1.165) is 6.26 Å². The lowest BCUT2D eigenvalue weighted by atomic mass is 10.3. The maximum Gasteiger partial charge on any atom is 0.339 e. The highest BCUT2D eigenvalue weighted by Gasteiger charge is 2.05. The van der Waals surface area contributed by atoms with E-state index in [1.165, 1.54) is 6.07 Å². The van der Waals surface area contributed by atoms with Crippen molar-refractivity contribution in [3.63, 3.8) is 0 Å². The molecule has 0 atom stereocenters. The van der Waals surface area contributed by atoms with Gasteiger partial charge in [0.2, 0.25) is 0 Å². The summed E-state index contributed by atoms with van der Waals surface area (Å²) in [5.41, 5.74) is 0.0768. The van der Waals surface area contributed by atoms with Crippen LogP contribution in [0.25, 0.3) is 0 Å². The maximum atomic E-state index is 10.2. The Bertz CT molecular complexity index is 290. The molecule has 0 aliphatic carbocycles. The molecular formula is C7H4O3. The Morgan fingerprint density at radius 2 is 2.50 bits per heavy atom. The fraction of sp³-hybridized carbons (Fsp3) is 0. The van der Waals surface area contributed by atoms with Crippen molar-refractivity contribution in [1.29, 1.82) is 0 Å². The van der Waals surface area contributed by atoms with Crippen molar-refractivity contribution < 1.29 is 14.3 Å². The quantitative estimate of drug-likeness (QED) is 0.585. The Labute approximate surface area is 57.3 Å². The van der Waals surface area contributed by atoms with E-state index in [1.807, 2.05) is 0 Å². The van der Waals surface area contributed by atoms with Crippen molar-refractivity contribution in [2.45, 2.75) is 0 Å². The minimum absolute atomic E-state index is 0.0768. The Morgan fingerprint density at radius 1 is 1.80 bits per heavy atom. The van der Waals surface area contributed by atoms with Crippen LogP contribution in [0.3, 0.4) is 0 Å². The molecule has 3 nitrogen and oxygen atoms in total. The van der Waals surface area contributed by atoms with Crippen LogP contribution in [0, 0.1) is 12.3 Å². The van der Waals surface area contributed by atoms with Crippen molar-refractivity contribution in [1.82, 2.24) is 0 Å². The standard InChI is InChI=1S/C7H4O3/c1-2-6-3-5(4-10-6)7(8)9/h1,3-4H,(H,8,9). The maximum absolute atomic E-state index is 10.2. The normalized spacial score (nSPS) is 8.70. The second-order valence-electron chi connectivity index (χ2n) is 1.65. The summed E-state index contributed by atoms with van der Waals surface area (Å²) in [7, 11) is 0. The molecule has 0 aromatic carbocycles. The number of carboxylic acids is 1. The molecule has 0 spiro atoms. The Hall–Kier alpha value is -1.69. The van der Waals surface area contributed by atoms with Crippen LogP contribution in [0.15, 0.2) is 16.7 Å². The smallest absolute Gasteiger partial charge is 0.339 e. The molecule has 1 aromatic rings. The molecule has 1 aromatic heterocycles. The number of hydrogen-bond acceptors (Lipinski definition) is 2. The van der Waals surface area contributed by atoms with Crippen LogP contribution < -0.4 is 0 Å². The highest BCUT2D eigenvalue weighted by Crippen LogP contribution is 2.05. The first-order chi connectivity index (χ1) is 4.74. The van der Waals surface area contributed by atoms with E-state index in [9.17, 15) is 4.79 Å². The van der Waals surface area contributed by atoms with E-state index in [0.29, 0.717) is 0 Å². The van der Waals surface area contributed by atoms with Crippen LogP contribution in [-0.4, -0.2) is 11.1 Å². The van der Waals surface area contributed by atoms with Gasteiger partial charge in [-0.05, 0) is 5.92 Å². The number of rotatable bonds is 1. The van der Waals surface area contributed by atoms with E-state index in [2.05, 4.69) is 10.3 Å². The minimum Gasteiger partial charge on any atom is -0.478 e. The van der Waals surface area contributed by atoms with Crippen LogP contribution in [0.2, 0.25) is 0 Å². The van der Waals surface area contributed by atoms with Gasteiger partial charge in [-0.1, -0.05) is 0 Å². The molecule has 0 amide bonds. The fourth-order valence-electron chi connectivity index (χ4n) is 0.524. The van der Waals surface area contributed by atoms with Crippen molar-refractivity contribution >= 4 is 5.97 Å². The van der Waals surface area contributed by atoms with Gasteiger partial charge in [0.1, 0.15) is 6.26 Å². The third-order valence-corrected chi connectivity index (χ3v) is 0.989. The summed E-state index contributed by atoms with van der Waals surface area (Å²) >= 11 is 0. The number of carbonyl (C=O) groups is 1. The van der Waals surface area contributed by atoms with Gasteiger partial charge < -0.3 is 9.52 Å². The van der Waals surface area contributed by atoms with Crippen molar-refractivity contribution in [2.75, 3.05) is 0 Å². The van der Waals surface area contributed by atoms with Gasteiger partial charge in [-0.3, -0.25) is 0 Å². The Morgan fingerprint density at radius 3 is 2.80 bits per heavy atom. The van der Waals surface area contributed by atoms with Gasteiger partial charge in [-0.2, -0.15) is 0 Å². The highest BCUT2D eigenvalue weighted by molar-refractivity contribution is 5.87. The number of terminal acetylenes is 1. The average molecular weight is 136 g/mol. The lowest BCUT2D eigenvalue weighted by molar-refractivity contribution is 0.0696. The monoisotopic (exact) mass is 136 g/mol. The molecule has 0 unspecified atom stereocenters. The molecule has 0 aliphatic heterocycles. The molecule has 0 saturated heterocycles. The molecule has 3 heteroatoms. The predicted molar refractivity (Wildman–Crippen MR) is 33.6 cm³/mol. The lowest BCUT2D eigenvalue weighted by Gasteiger charge is -1.77. The van der Waals surface area contributed by atoms with Gasteiger partial charge in [0.25, 0.3) is 0 Å². The third kappa shape index (κ3) is 1.00. The molecule has 0 saturated carbocycles. The van der Waals surface area contributed by atoms with E-state index < -0.39 is 5.97 Å². The molecule has 0 fully saturated rings. The Kier molecular flexibility index (Phi) is 1.46. The first-order valence-electron chi connectivity index (χ1n) is 2.52. The zero-order chi connectivity index (χ0) is 7.56. The van der Waals surface area contributed by atoms with E-state index >= 15 is 0 Å². The second-order valence-corrected chi connectivity index (χ2v) is 1.65. The largest absolute Gasteiger partial charge is 0.478 e. The number of furan rings is 1. The fourth-order valence-corrected chi connectivity index (χ4v) is 0.524. The summed E-state index contributed by atoms with van der Waals surface area (Å²) in [4.78, 5) is 10.2. The molecule has 10 heavy (non-hydrogen) atoms. The number of hydrogen-bond donors (Lipinski definition) is 1. The number of carboxylic acid groups (broad SMARTS) is 1. The van der Waals surface area contributed by atoms with Crippen LogP contribution in [-0.2, 0) is 0 Å². The minimum atomic E-state index is -1.04. The van der Waals surface area contributed by atoms with Gasteiger partial charge in [0, 0.05) is 6.07 Å². The molecule has 1 heterocycles. The lowest BCUT2D eigenvalue weighted by Crippen LogP contribution is -1.91. The summed E-state index contributed by atoms with van der Waals surface area (Å²) < 4.78 is 4.66. The van der Waals surface area contributed by atoms with Crippen LogP contribution in [0.1, 0.15) is 16.1 Å².